The Morgan fingerprint density at radius 3 is 2.29 bits per heavy atom. The summed E-state index contributed by atoms with van der Waals surface area (Å²) in [4.78, 5) is 2.68. The molecule has 1 unspecified atom stereocenters. The molecule has 2 aliphatic carbocycles. The number of allylic oxidation sites excluding steroid dienone is 2. The lowest BCUT2D eigenvalue weighted by atomic mass is 9.88. The molecule has 2 heteroatoms. The van der Waals surface area contributed by atoms with Crippen molar-refractivity contribution in [3.05, 3.63) is 35.9 Å². The lowest BCUT2D eigenvalue weighted by molar-refractivity contribution is 0.0493. The van der Waals surface area contributed by atoms with Crippen molar-refractivity contribution in [2.75, 3.05) is 13.1 Å². The highest BCUT2D eigenvalue weighted by atomic mass is 16.5. The fourth-order valence-electron chi connectivity index (χ4n) is 4.28. The molecule has 2 nitrogen and oxygen atoms in total. The Kier molecular flexibility index (Phi) is 4.93. The Morgan fingerprint density at radius 1 is 0.958 bits per heavy atom. The largest absolute Gasteiger partial charge is 0.490 e. The summed E-state index contributed by atoms with van der Waals surface area (Å²) in [7, 11) is 0. The number of hydrogen-bond acceptors (Lipinski definition) is 2. The number of nitrogens with zero attached hydrogens (tertiary/aromatic N) is 1. The van der Waals surface area contributed by atoms with Crippen LogP contribution in [0.1, 0.15) is 63.9 Å². The molecular formula is C22H31NO. The van der Waals surface area contributed by atoms with Crippen LogP contribution in [0.5, 0.6) is 5.75 Å². The van der Waals surface area contributed by atoms with E-state index in [2.05, 4.69) is 42.2 Å². The topological polar surface area (TPSA) is 12.5 Å². The highest BCUT2D eigenvalue weighted by Gasteiger charge is 2.29. The van der Waals surface area contributed by atoms with Gasteiger partial charge in [0.2, 0.25) is 0 Å². The molecule has 1 aromatic carbocycles. The molecule has 0 spiro atoms. The van der Waals surface area contributed by atoms with Gasteiger partial charge < -0.3 is 9.64 Å². The zero-order valence-corrected chi connectivity index (χ0v) is 15.0. The maximum Gasteiger partial charge on any atom is 0.119 e. The predicted molar refractivity (Wildman–Crippen MR) is 100 cm³/mol. The Bertz CT molecular complexity index is 564. The summed E-state index contributed by atoms with van der Waals surface area (Å²) in [6, 6.07) is 9.73. The Morgan fingerprint density at radius 2 is 1.71 bits per heavy atom. The van der Waals surface area contributed by atoms with E-state index in [1.807, 2.05) is 0 Å². The number of hydrogen-bond donors (Lipinski definition) is 0. The number of ether oxygens (including phenoxy) is 1. The molecule has 0 radical (unpaired) electrons. The molecule has 4 rings (SSSR count). The Labute approximate surface area is 146 Å². The number of likely N-dealkylation sites (tertiary alicyclic amines) is 1. The zero-order valence-electron chi connectivity index (χ0n) is 15.0. The zero-order chi connectivity index (χ0) is 16.4. The molecule has 1 aromatic rings. The van der Waals surface area contributed by atoms with E-state index in [1.165, 1.54) is 75.6 Å². The number of piperidine rings is 1. The molecule has 0 bridgehead atoms. The summed E-state index contributed by atoms with van der Waals surface area (Å²) in [5.74, 6) is 1.90. The minimum absolute atomic E-state index is 0.405. The van der Waals surface area contributed by atoms with E-state index in [9.17, 15) is 0 Å². The highest BCUT2D eigenvalue weighted by Crippen LogP contribution is 2.32. The van der Waals surface area contributed by atoms with Gasteiger partial charge in [-0.25, -0.2) is 0 Å². The van der Waals surface area contributed by atoms with Crippen molar-refractivity contribution in [3.63, 3.8) is 0 Å². The van der Waals surface area contributed by atoms with Crippen LogP contribution < -0.4 is 4.74 Å². The molecule has 3 aliphatic rings. The summed E-state index contributed by atoms with van der Waals surface area (Å²) < 4.78 is 6.25. The first kappa shape index (κ1) is 16.2. The Balaban J connectivity index is 1.29. The maximum absolute atomic E-state index is 6.25. The van der Waals surface area contributed by atoms with E-state index in [0.29, 0.717) is 6.10 Å². The van der Waals surface area contributed by atoms with Gasteiger partial charge >= 0.3 is 0 Å². The molecule has 1 aliphatic heterocycles. The van der Waals surface area contributed by atoms with Crippen LogP contribution in [0, 0.1) is 5.92 Å². The second-order valence-corrected chi connectivity index (χ2v) is 8.07. The van der Waals surface area contributed by atoms with Crippen molar-refractivity contribution in [1.82, 2.24) is 4.90 Å². The van der Waals surface area contributed by atoms with Crippen LogP contribution >= 0.6 is 0 Å². The first-order valence-electron chi connectivity index (χ1n) is 9.98. The third-order valence-electron chi connectivity index (χ3n) is 6.27. The summed E-state index contributed by atoms with van der Waals surface area (Å²) in [5, 5.41) is 0. The van der Waals surface area contributed by atoms with Crippen LogP contribution in [-0.2, 0) is 0 Å². The summed E-state index contributed by atoms with van der Waals surface area (Å²) in [5.41, 5.74) is 2.91. The third-order valence-corrected chi connectivity index (χ3v) is 6.27. The smallest absolute Gasteiger partial charge is 0.119 e. The van der Waals surface area contributed by atoms with Gasteiger partial charge in [0, 0.05) is 19.1 Å². The van der Waals surface area contributed by atoms with E-state index >= 15 is 0 Å². The van der Waals surface area contributed by atoms with E-state index in [4.69, 9.17) is 4.74 Å². The molecule has 0 aromatic heterocycles. The van der Waals surface area contributed by atoms with Crippen LogP contribution in [0.3, 0.4) is 0 Å². The molecule has 0 amide bonds. The van der Waals surface area contributed by atoms with Gasteiger partial charge in [0.1, 0.15) is 11.9 Å². The molecule has 24 heavy (non-hydrogen) atoms. The monoisotopic (exact) mass is 325 g/mol. The minimum Gasteiger partial charge on any atom is -0.490 e. The summed E-state index contributed by atoms with van der Waals surface area (Å²) >= 11 is 0. The van der Waals surface area contributed by atoms with Crippen LogP contribution in [0.25, 0.3) is 5.57 Å². The molecule has 1 saturated carbocycles. The molecule has 0 N–H and O–H groups in total. The van der Waals surface area contributed by atoms with Crippen molar-refractivity contribution in [1.29, 1.82) is 0 Å². The summed E-state index contributed by atoms with van der Waals surface area (Å²) in [6.45, 7) is 4.79. The van der Waals surface area contributed by atoms with Crippen molar-refractivity contribution in [2.24, 2.45) is 5.92 Å². The average Bonchev–Trinajstić information content (AvgIpc) is 2.57. The third kappa shape index (κ3) is 3.69. The fourth-order valence-corrected chi connectivity index (χ4v) is 4.28. The van der Waals surface area contributed by atoms with Crippen molar-refractivity contribution >= 4 is 5.57 Å². The highest BCUT2D eigenvalue weighted by molar-refractivity contribution is 5.66. The van der Waals surface area contributed by atoms with Gasteiger partial charge in [-0.05, 0) is 74.1 Å². The molecule has 2 fully saturated rings. The van der Waals surface area contributed by atoms with E-state index < -0.39 is 0 Å². The lowest BCUT2D eigenvalue weighted by Gasteiger charge is -2.41. The van der Waals surface area contributed by atoms with Crippen LogP contribution in [0.2, 0.25) is 0 Å². The van der Waals surface area contributed by atoms with Crippen LogP contribution in [0.15, 0.2) is 30.3 Å². The second kappa shape index (κ2) is 7.31. The van der Waals surface area contributed by atoms with E-state index in [-0.39, 0.29) is 0 Å². The van der Waals surface area contributed by atoms with Crippen molar-refractivity contribution in [2.45, 2.75) is 70.4 Å². The van der Waals surface area contributed by atoms with Crippen molar-refractivity contribution in [3.8, 4) is 5.75 Å². The normalized spacial score (nSPS) is 26.7. The fraction of sp³-hybridized carbons (Fsp3) is 0.636. The van der Waals surface area contributed by atoms with Gasteiger partial charge in [-0.3, -0.25) is 0 Å². The quantitative estimate of drug-likeness (QED) is 0.746. The first-order chi connectivity index (χ1) is 11.8. The van der Waals surface area contributed by atoms with E-state index in [0.717, 1.165) is 17.7 Å². The van der Waals surface area contributed by atoms with Gasteiger partial charge in [-0.1, -0.05) is 31.6 Å². The predicted octanol–water partition coefficient (Wildman–Crippen LogP) is 5.29. The Hall–Kier alpha value is -1.28. The SMILES string of the molecule is CC1CC=C(c2ccc(OC3CCN(C4CCC4)CC3)cc2)CC1. The molecule has 1 atom stereocenters. The maximum atomic E-state index is 6.25. The molecule has 1 heterocycles. The van der Waals surface area contributed by atoms with Gasteiger partial charge in [0.25, 0.3) is 0 Å². The average molecular weight is 325 g/mol. The van der Waals surface area contributed by atoms with Crippen LogP contribution in [-0.4, -0.2) is 30.1 Å². The number of benzene rings is 1. The van der Waals surface area contributed by atoms with Gasteiger partial charge in [-0.15, -0.1) is 0 Å². The second-order valence-electron chi connectivity index (χ2n) is 8.07. The van der Waals surface area contributed by atoms with Gasteiger partial charge in [0.15, 0.2) is 0 Å². The van der Waals surface area contributed by atoms with Gasteiger partial charge in [0.05, 0.1) is 0 Å². The number of rotatable bonds is 4. The first-order valence-corrected chi connectivity index (χ1v) is 9.98. The van der Waals surface area contributed by atoms with E-state index in [1.54, 1.807) is 0 Å². The standard InChI is InChI=1S/C22H31NO/c1-17-5-7-18(8-6-17)19-9-11-21(12-10-19)24-22-13-15-23(16-14-22)20-3-2-4-20/h7,9-12,17,20,22H,2-6,8,13-16H2,1H3. The molecule has 130 valence electrons. The van der Waals surface area contributed by atoms with Crippen LogP contribution in [0.4, 0.5) is 0 Å². The molecular weight excluding hydrogens is 294 g/mol. The lowest BCUT2D eigenvalue weighted by Crippen LogP contribution is -2.46. The minimum atomic E-state index is 0.405. The van der Waals surface area contributed by atoms with Crippen molar-refractivity contribution < 1.29 is 4.74 Å². The summed E-state index contributed by atoms with van der Waals surface area (Å²) in [6.07, 6.45) is 13.2. The van der Waals surface area contributed by atoms with Gasteiger partial charge in [-0.2, -0.15) is 0 Å². The molecule has 1 saturated heterocycles.